The molecule has 0 saturated carbocycles. The minimum absolute atomic E-state index is 0.105. The van der Waals surface area contributed by atoms with Crippen LogP contribution in [0.15, 0.2) is 54.6 Å². The highest BCUT2D eigenvalue weighted by molar-refractivity contribution is 5.32. The van der Waals surface area contributed by atoms with Gasteiger partial charge in [0.1, 0.15) is 0 Å². The van der Waals surface area contributed by atoms with Crippen LogP contribution in [0.25, 0.3) is 0 Å². The van der Waals surface area contributed by atoms with Gasteiger partial charge in [-0.1, -0.05) is 42.5 Å². The summed E-state index contributed by atoms with van der Waals surface area (Å²) >= 11 is 0. The van der Waals surface area contributed by atoms with Crippen molar-refractivity contribution in [1.82, 2.24) is 5.32 Å². The van der Waals surface area contributed by atoms with Crippen molar-refractivity contribution in [3.8, 4) is 6.07 Å². The van der Waals surface area contributed by atoms with Gasteiger partial charge < -0.3 is 10.4 Å². The highest BCUT2D eigenvalue weighted by Crippen LogP contribution is 2.21. The van der Waals surface area contributed by atoms with Gasteiger partial charge in [0.25, 0.3) is 0 Å². The van der Waals surface area contributed by atoms with Crippen molar-refractivity contribution in [1.29, 1.82) is 5.26 Å². The third-order valence-corrected chi connectivity index (χ3v) is 3.69. The highest BCUT2D eigenvalue weighted by atomic mass is 16.3. The molecule has 2 aromatic carbocycles. The Morgan fingerprint density at radius 3 is 2.33 bits per heavy atom. The second kappa shape index (κ2) is 6.53. The van der Waals surface area contributed by atoms with Crippen LogP contribution in [0.1, 0.15) is 36.6 Å². The molecular formula is C18H20N2O. The van der Waals surface area contributed by atoms with E-state index in [0.29, 0.717) is 12.1 Å². The van der Waals surface area contributed by atoms with Crippen LogP contribution in [0.3, 0.4) is 0 Å². The van der Waals surface area contributed by atoms with Gasteiger partial charge in [0.2, 0.25) is 0 Å². The fourth-order valence-corrected chi connectivity index (χ4v) is 2.22. The third-order valence-electron chi connectivity index (χ3n) is 3.69. The quantitative estimate of drug-likeness (QED) is 0.884. The first-order chi connectivity index (χ1) is 10.0. The molecular weight excluding hydrogens is 260 g/mol. The van der Waals surface area contributed by atoms with Crippen LogP contribution in [-0.4, -0.2) is 11.7 Å². The molecule has 21 heavy (non-hydrogen) atoms. The maximum atomic E-state index is 10.6. The molecule has 0 heterocycles. The molecule has 3 heteroatoms. The zero-order chi connectivity index (χ0) is 15.3. The number of hydrogen-bond acceptors (Lipinski definition) is 3. The first-order valence-corrected chi connectivity index (χ1v) is 7.04. The number of nitrogens with one attached hydrogen (secondary N) is 1. The van der Waals surface area contributed by atoms with E-state index in [1.54, 1.807) is 6.92 Å². The SMILES string of the molecule is C[C@H](NC[C@](C)(O)c1ccccc1)c1ccc(C#N)cc1. The maximum Gasteiger partial charge on any atom is 0.0992 e. The number of aliphatic hydroxyl groups is 1. The summed E-state index contributed by atoms with van der Waals surface area (Å²) in [5.41, 5.74) is 1.73. The standard InChI is InChI=1S/C18H20N2O/c1-14(16-10-8-15(12-19)9-11-16)20-13-18(2,21)17-6-4-3-5-7-17/h3-11,14,20-21H,13H2,1-2H3/t14-,18-/m0/s1. The van der Waals surface area contributed by atoms with Crippen molar-refractivity contribution >= 4 is 0 Å². The van der Waals surface area contributed by atoms with E-state index in [1.165, 1.54) is 0 Å². The summed E-state index contributed by atoms with van der Waals surface area (Å²) in [6.45, 7) is 4.31. The topological polar surface area (TPSA) is 56.0 Å². The summed E-state index contributed by atoms with van der Waals surface area (Å²) in [5.74, 6) is 0. The fourth-order valence-electron chi connectivity index (χ4n) is 2.22. The summed E-state index contributed by atoms with van der Waals surface area (Å²) in [6, 6.07) is 19.3. The van der Waals surface area contributed by atoms with E-state index in [-0.39, 0.29) is 6.04 Å². The van der Waals surface area contributed by atoms with E-state index in [4.69, 9.17) is 5.26 Å². The molecule has 2 atom stereocenters. The lowest BCUT2D eigenvalue weighted by molar-refractivity contribution is 0.0543. The van der Waals surface area contributed by atoms with E-state index in [1.807, 2.05) is 61.5 Å². The van der Waals surface area contributed by atoms with Gasteiger partial charge in [0.05, 0.1) is 17.2 Å². The lowest BCUT2D eigenvalue weighted by atomic mass is 9.95. The van der Waals surface area contributed by atoms with Gasteiger partial charge in [-0.15, -0.1) is 0 Å². The van der Waals surface area contributed by atoms with E-state index in [2.05, 4.69) is 11.4 Å². The lowest BCUT2D eigenvalue weighted by Gasteiger charge is -2.26. The molecule has 0 saturated heterocycles. The average molecular weight is 280 g/mol. The van der Waals surface area contributed by atoms with Gasteiger partial charge in [0, 0.05) is 12.6 Å². The number of nitrogens with zero attached hydrogens (tertiary/aromatic N) is 1. The van der Waals surface area contributed by atoms with Crippen molar-refractivity contribution in [2.45, 2.75) is 25.5 Å². The van der Waals surface area contributed by atoms with Crippen LogP contribution in [0.4, 0.5) is 0 Å². The van der Waals surface area contributed by atoms with E-state index < -0.39 is 5.60 Å². The number of benzene rings is 2. The van der Waals surface area contributed by atoms with Crippen LogP contribution in [0.5, 0.6) is 0 Å². The van der Waals surface area contributed by atoms with Gasteiger partial charge in [-0.05, 0) is 37.1 Å². The largest absolute Gasteiger partial charge is 0.384 e. The summed E-state index contributed by atoms with van der Waals surface area (Å²) in [4.78, 5) is 0. The lowest BCUT2D eigenvalue weighted by Crippen LogP contribution is -2.36. The Balaban J connectivity index is 2.00. The Morgan fingerprint density at radius 1 is 1.14 bits per heavy atom. The molecule has 0 amide bonds. The van der Waals surface area contributed by atoms with Crippen molar-refractivity contribution < 1.29 is 5.11 Å². The van der Waals surface area contributed by atoms with Crippen LogP contribution >= 0.6 is 0 Å². The zero-order valence-electron chi connectivity index (χ0n) is 12.4. The monoisotopic (exact) mass is 280 g/mol. The van der Waals surface area contributed by atoms with Crippen LogP contribution in [0, 0.1) is 11.3 Å². The second-order valence-corrected chi connectivity index (χ2v) is 5.48. The number of rotatable bonds is 5. The molecule has 2 rings (SSSR count). The Labute approximate surface area is 125 Å². The molecule has 2 N–H and O–H groups in total. The molecule has 0 aliphatic carbocycles. The van der Waals surface area contributed by atoms with Gasteiger partial charge in [-0.3, -0.25) is 0 Å². The molecule has 0 aliphatic heterocycles. The van der Waals surface area contributed by atoms with Crippen LogP contribution in [0.2, 0.25) is 0 Å². The summed E-state index contributed by atoms with van der Waals surface area (Å²) < 4.78 is 0. The Hall–Kier alpha value is -2.15. The van der Waals surface area contributed by atoms with Crippen molar-refractivity contribution in [2.24, 2.45) is 0 Å². The van der Waals surface area contributed by atoms with E-state index in [9.17, 15) is 5.11 Å². The van der Waals surface area contributed by atoms with Gasteiger partial charge >= 0.3 is 0 Å². The van der Waals surface area contributed by atoms with Crippen molar-refractivity contribution in [3.63, 3.8) is 0 Å². The van der Waals surface area contributed by atoms with Crippen molar-refractivity contribution in [2.75, 3.05) is 6.54 Å². The summed E-state index contributed by atoms with van der Waals surface area (Å²) in [7, 11) is 0. The molecule has 0 unspecified atom stereocenters. The maximum absolute atomic E-state index is 10.6. The molecule has 0 aliphatic rings. The van der Waals surface area contributed by atoms with E-state index >= 15 is 0 Å². The van der Waals surface area contributed by atoms with E-state index in [0.717, 1.165) is 11.1 Å². The molecule has 0 radical (unpaired) electrons. The van der Waals surface area contributed by atoms with Crippen molar-refractivity contribution in [3.05, 3.63) is 71.3 Å². The molecule has 0 spiro atoms. The summed E-state index contributed by atoms with van der Waals surface area (Å²) in [6.07, 6.45) is 0. The van der Waals surface area contributed by atoms with Gasteiger partial charge in [0.15, 0.2) is 0 Å². The predicted octanol–water partition coefficient (Wildman–Crippen LogP) is 3.12. The third kappa shape index (κ3) is 3.91. The molecule has 3 nitrogen and oxygen atoms in total. The minimum Gasteiger partial charge on any atom is -0.384 e. The smallest absolute Gasteiger partial charge is 0.0992 e. The fraction of sp³-hybridized carbons (Fsp3) is 0.278. The zero-order valence-corrected chi connectivity index (χ0v) is 12.4. The first kappa shape index (κ1) is 15.2. The average Bonchev–Trinajstić information content (AvgIpc) is 2.53. The highest BCUT2D eigenvalue weighted by Gasteiger charge is 2.23. The predicted molar refractivity (Wildman–Crippen MR) is 83.6 cm³/mol. The Bertz CT molecular complexity index is 612. The van der Waals surface area contributed by atoms with Gasteiger partial charge in [-0.2, -0.15) is 5.26 Å². The molecule has 2 aromatic rings. The normalized spacial score (nSPS) is 15.0. The second-order valence-electron chi connectivity index (χ2n) is 5.48. The van der Waals surface area contributed by atoms with Gasteiger partial charge in [-0.25, -0.2) is 0 Å². The van der Waals surface area contributed by atoms with Crippen LogP contribution in [-0.2, 0) is 5.60 Å². The molecule has 0 bridgehead atoms. The Morgan fingerprint density at radius 2 is 1.76 bits per heavy atom. The summed E-state index contributed by atoms with van der Waals surface area (Å²) in [5, 5.41) is 22.7. The number of hydrogen-bond donors (Lipinski definition) is 2. The number of nitriles is 1. The Kier molecular flexibility index (Phi) is 4.74. The molecule has 108 valence electrons. The molecule has 0 fully saturated rings. The first-order valence-electron chi connectivity index (χ1n) is 7.04. The van der Waals surface area contributed by atoms with Crippen LogP contribution < -0.4 is 5.32 Å². The minimum atomic E-state index is -0.915. The molecule has 0 aromatic heterocycles.